The lowest BCUT2D eigenvalue weighted by atomic mass is 9.95. The number of Topliss-reactive ketones (excluding diaryl/α,β-unsaturated/α-hetero) is 1. The second kappa shape index (κ2) is 8.35. The fourth-order valence-corrected chi connectivity index (χ4v) is 4.92. The van der Waals surface area contributed by atoms with Gasteiger partial charge in [0.1, 0.15) is 23.1 Å². The molecule has 0 saturated carbocycles. The van der Waals surface area contributed by atoms with Crippen molar-refractivity contribution < 1.29 is 28.2 Å². The summed E-state index contributed by atoms with van der Waals surface area (Å²) in [4.78, 5) is 31.9. The first-order valence-electron chi connectivity index (χ1n) is 10.1. The number of ether oxygens (including phenoxy) is 1. The summed E-state index contributed by atoms with van der Waals surface area (Å²) < 4.78 is 33.1. The molecule has 0 bridgehead atoms. The quantitative estimate of drug-likeness (QED) is 0.248. The third kappa shape index (κ3) is 3.60. The molecule has 1 fully saturated rings. The number of ketones is 1. The van der Waals surface area contributed by atoms with E-state index in [-0.39, 0.29) is 16.3 Å². The summed E-state index contributed by atoms with van der Waals surface area (Å²) >= 11 is 1.04. The lowest BCUT2D eigenvalue weighted by Crippen LogP contribution is -2.29. The Bertz CT molecular complexity index is 1480. The Hall–Kier alpha value is -4.11. The molecule has 5 rings (SSSR count). The fraction of sp³-hybridized carbons (Fsp3) is 0.0800. The van der Waals surface area contributed by atoms with Crippen LogP contribution in [0.5, 0.6) is 5.75 Å². The van der Waals surface area contributed by atoms with E-state index < -0.39 is 35.1 Å². The maximum Gasteiger partial charge on any atom is 0.301 e. The second-order valence-electron chi connectivity index (χ2n) is 7.56. The van der Waals surface area contributed by atoms with E-state index in [9.17, 15) is 23.5 Å². The van der Waals surface area contributed by atoms with Crippen molar-refractivity contribution in [2.24, 2.45) is 0 Å². The van der Waals surface area contributed by atoms with Crippen LogP contribution in [0.15, 0.2) is 72.3 Å². The van der Waals surface area contributed by atoms with Crippen molar-refractivity contribution in [3.63, 3.8) is 0 Å². The van der Waals surface area contributed by atoms with Gasteiger partial charge >= 0.3 is 5.91 Å². The highest BCUT2D eigenvalue weighted by Gasteiger charge is 2.48. The van der Waals surface area contributed by atoms with Gasteiger partial charge in [0.25, 0.3) is 5.78 Å². The number of benzene rings is 3. The van der Waals surface area contributed by atoms with Gasteiger partial charge < -0.3 is 9.84 Å². The first-order chi connectivity index (χ1) is 16.4. The van der Waals surface area contributed by atoms with E-state index in [1.165, 1.54) is 55.6 Å². The Labute approximate surface area is 196 Å². The third-order valence-corrected chi connectivity index (χ3v) is 6.54. The summed E-state index contributed by atoms with van der Waals surface area (Å²) in [6.07, 6.45) is 0. The molecular weight excluding hydrogens is 462 g/mol. The molecule has 1 amide bonds. The van der Waals surface area contributed by atoms with Gasteiger partial charge in [-0.25, -0.2) is 13.8 Å². The van der Waals surface area contributed by atoms with Crippen LogP contribution >= 0.6 is 11.3 Å². The molecule has 170 valence electrons. The van der Waals surface area contributed by atoms with Crippen LogP contribution in [0.1, 0.15) is 17.2 Å². The van der Waals surface area contributed by atoms with Gasteiger partial charge in [0.2, 0.25) is 0 Å². The summed E-state index contributed by atoms with van der Waals surface area (Å²) in [7, 11) is 1.46. The number of carbonyl (C=O) groups is 2. The Kier molecular flexibility index (Phi) is 5.33. The summed E-state index contributed by atoms with van der Waals surface area (Å²) in [5, 5.41) is 11.3. The van der Waals surface area contributed by atoms with E-state index in [1.807, 2.05) is 0 Å². The minimum Gasteiger partial charge on any atom is -0.507 e. The Morgan fingerprint density at radius 2 is 1.76 bits per heavy atom. The van der Waals surface area contributed by atoms with Gasteiger partial charge in [-0.1, -0.05) is 35.6 Å². The van der Waals surface area contributed by atoms with Crippen LogP contribution in [-0.2, 0) is 9.59 Å². The molecule has 1 aliphatic rings. The van der Waals surface area contributed by atoms with Crippen molar-refractivity contribution >= 4 is 44.1 Å². The number of fused-ring (bicyclic) bond motifs is 1. The highest BCUT2D eigenvalue weighted by atomic mass is 32.1. The summed E-state index contributed by atoms with van der Waals surface area (Å²) in [5.74, 6) is -2.73. The molecule has 1 unspecified atom stereocenters. The van der Waals surface area contributed by atoms with Crippen molar-refractivity contribution in [3.8, 4) is 5.75 Å². The summed E-state index contributed by atoms with van der Waals surface area (Å²) in [6.45, 7) is 0. The van der Waals surface area contributed by atoms with Crippen LogP contribution in [0.2, 0.25) is 0 Å². The Morgan fingerprint density at radius 1 is 1.03 bits per heavy atom. The first-order valence-corrected chi connectivity index (χ1v) is 11.0. The molecule has 34 heavy (non-hydrogen) atoms. The van der Waals surface area contributed by atoms with E-state index in [4.69, 9.17) is 4.74 Å². The number of carbonyl (C=O) groups excluding carboxylic acids is 2. The number of rotatable bonds is 4. The zero-order chi connectivity index (χ0) is 24.0. The summed E-state index contributed by atoms with van der Waals surface area (Å²) in [5.41, 5.74) is 0.954. The maximum absolute atomic E-state index is 13.7. The number of halogens is 2. The minimum atomic E-state index is -1.07. The molecule has 2 heterocycles. The molecule has 0 spiro atoms. The molecule has 1 aromatic heterocycles. The lowest BCUT2D eigenvalue weighted by molar-refractivity contribution is -0.132. The predicted octanol–water partition coefficient (Wildman–Crippen LogP) is 5.21. The standard InChI is InChI=1S/C25H16F2N2O4S/c1-33-17-4-2-3-14(11-17)22(30)20-21(13-5-7-15(26)8-6-13)29(24(32)23(20)31)25-28-18-10-9-16(27)12-19(18)34-25/h2-12,21,30H,1H3/b22-20+. The molecular formula is C25H16F2N2O4S. The third-order valence-electron chi connectivity index (χ3n) is 5.52. The van der Waals surface area contributed by atoms with Gasteiger partial charge in [-0.05, 0) is 48.0 Å². The van der Waals surface area contributed by atoms with Crippen LogP contribution < -0.4 is 9.64 Å². The van der Waals surface area contributed by atoms with E-state index in [2.05, 4.69) is 4.98 Å². The van der Waals surface area contributed by atoms with Gasteiger partial charge in [0.05, 0.1) is 28.9 Å². The molecule has 9 heteroatoms. The van der Waals surface area contributed by atoms with Crippen molar-refractivity contribution in [2.75, 3.05) is 12.0 Å². The van der Waals surface area contributed by atoms with Crippen molar-refractivity contribution in [3.05, 3.63) is 95.1 Å². The summed E-state index contributed by atoms with van der Waals surface area (Å²) in [6, 6.07) is 14.6. The van der Waals surface area contributed by atoms with Crippen molar-refractivity contribution in [1.82, 2.24) is 4.98 Å². The van der Waals surface area contributed by atoms with Crippen LogP contribution in [0.4, 0.5) is 13.9 Å². The maximum atomic E-state index is 13.7. The van der Waals surface area contributed by atoms with Crippen LogP contribution in [-0.4, -0.2) is 28.9 Å². The number of thiazole rings is 1. The molecule has 4 aromatic rings. The molecule has 3 aromatic carbocycles. The monoisotopic (exact) mass is 478 g/mol. The number of amides is 1. The Balaban J connectivity index is 1.73. The number of hydrogen-bond acceptors (Lipinski definition) is 6. The second-order valence-corrected chi connectivity index (χ2v) is 8.57. The highest BCUT2D eigenvalue weighted by molar-refractivity contribution is 7.22. The van der Waals surface area contributed by atoms with E-state index >= 15 is 0 Å². The van der Waals surface area contributed by atoms with Crippen LogP contribution in [0.3, 0.4) is 0 Å². The normalized spacial score (nSPS) is 17.5. The molecule has 0 radical (unpaired) electrons. The van der Waals surface area contributed by atoms with Crippen molar-refractivity contribution in [1.29, 1.82) is 0 Å². The number of aliphatic hydroxyl groups is 1. The first kappa shape index (κ1) is 21.7. The van der Waals surface area contributed by atoms with Crippen LogP contribution in [0, 0.1) is 11.6 Å². The molecule has 1 aliphatic heterocycles. The van der Waals surface area contributed by atoms with Gasteiger partial charge in [0, 0.05) is 5.56 Å². The molecule has 6 nitrogen and oxygen atoms in total. The highest BCUT2D eigenvalue weighted by Crippen LogP contribution is 2.44. The van der Waals surface area contributed by atoms with Gasteiger partial charge in [0.15, 0.2) is 5.13 Å². The van der Waals surface area contributed by atoms with Crippen molar-refractivity contribution in [2.45, 2.75) is 6.04 Å². The topological polar surface area (TPSA) is 79.7 Å². The zero-order valence-corrected chi connectivity index (χ0v) is 18.5. The largest absolute Gasteiger partial charge is 0.507 e. The SMILES string of the molecule is COc1cccc(/C(O)=C2\C(=O)C(=O)N(c3nc4ccc(F)cc4s3)C2c2ccc(F)cc2)c1. The molecule has 1 N–H and O–H groups in total. The smallest absolute Gasteiger partial charge is 0.301 e. The van der Waals surface area contributed by atoms with Crippen LogP contribution in [0.25, 0.3) is 16.0 Å². The average molecular weight is 478 g/mol. The number of nitrogens with zero attached hydrogens (tertiary/aromatic N) is 2. The van der Waals surface area contributed by atoms with E-state index in [0.29, 0.717) is 21.5 Å². The fourth-order valence-electron chi connectivity index (χ4n) is 3.91. The molecule has 1 atom stereocenters. The number of aromatic nitrogens is 1. The number of aliphatic hydroxyl groups excluding tert-OH is 1. The van der Waals surface area contributed by atoms with E-state index in [1.54, 1.807) is 18.2 Å². The number of methoxy groups -OCH3 is 1. The van der Waals surface area contributed by atoms with Gasteiger partial charge in [-0.15, -0.1) is 0 Å². The number of anilines is 1. The van der Waals surface area contributed by atoms with Gasteiger partial charge in [-0.3, -0.25) is 14.5 Å². The molecule has 1 saturated heterocycles. The van der Waals surface area contributed by atoms with Gasteiger partial charge in [-0.2, -0.15) is 0 Å². The average Bonchev–Trinajstić information content (AvgIpc) is 3.37. The Morgan fingerprint density at radius 3 is 2.50 bits per heavy atom. The number of hydrogen-bond donors (Lipinski definition) is 1. The van der Waals surface area contributed by atoms with E-state index in [0.717, 1.165) is 16.2 Å². The minimum absolute atomic E-state index is 0.154. The lowest BCUT2D eigenvalue weighted by Gasteiger charge is -2.23. The zero-order valence-electron chi connectivity index (χ0n) is 17.7. The predicted molar refractivity (Wildman–Crippen MR) is 124 cm³/mol. The molecule has 0 aliphatic carbocycles.